The molecule has 0 spiro atoms. The summed E-state index contributed by atoms with van der Waals surface area (Å²) in [5.74, 6) is 1.58. The van der Waals surface area contributed by atoms with Crippen molar-refractivity contribution in [1.29, 1.82) is 0 Å². The molecule has 2 saturated heterocycles. The van der Waals surface area contributed by atoms with Gasteiger partial charge < -0.3 is 19.3 Å². The summed E-state index contributed by atoms with van der Waals surface area (Å²) < 4.78 is 11.0. The van der Waals surface area contributed by atoms with Crippen LogP contribution < -0.4 is 0 Å². The minimum atomic E-state index is 0.195. The van der Waals surface area contributed by atoms with Gasteiger partial charge in [-0.15, -0.1) is 0 Å². The molecule has 2 aliphatic heterocycles. The average Bonchev–Trinajstić information content (AvgIpc) is 3.54. The Morgan fingerprint density at radius 3 is 2.46 bits per heavy atom. The van der Waals surface area contributed by atoms with Crippen LogP contribution in [0.2, 0.25) is 0 Å². The molecule has 3 fully saturated rings. The van der Waals surface area contributed by atoms with Gasteiger partial charge in [-0.2, -0.15) is 0 Å². The molecule has 0 aromatic heterocycles. The van der Waals surface area contributed by atoms with Crippen LogP contribution in [-0.2, 0) is 9.47 Å². The highest BCUT2D eigenvalue weighted by molar-refractivity contribution is 5.74. The first-order valence-corrected chi connectivity index (χ1v) is 10.9. The van der Waals surface area contributed by atoms with E-state index < -0.39 is 0 Å². The number of nitrogens with zero attached hydrogens (tertiary/aromatic N) is 2. The Bertz CT molecular complexity index is 637. The summed E-state index contributed by atoms with van der Waals surface area (Å²) in [4.78, 5) is 16.8. The van der Waals surface area contributed by atoms with E-state index in [9.17, 15) is 4.79 Å². The van der Waals surface area contributed by atoms with Crippen molar-refractivity contribution in [1.82, 2.24) is 9.80 Å². The van der Waals surface area contributed by atoms with Crippen LogP contribution in [0.25, 0.3) is 0 Å². The van der Waals surface area contributed by atoms with Gasteiger partial charge in [0, 0.05) is 33.3 Å². The Morgan fingerprint density at radius 1 is 1.11 bits per heavy atom. The lowest BCUT2D eigenvalue weighted by atomic mass is 9.75. The maximum Gasteiger partial charge on any atom is 0.320 e. The summed E-state index contributed by atoms with van der Waals surface area (Å²) in [6.07, 6.45) is 5.93. The van der Waals surface area contributed by atoms with Crippen LogP contribution in [-0.4, -0.2) is 68.9 Å². The zero-order valence-corrected chi connectivity index (χ0v) is 17.1. The molecule has 0 bridgehead atoms. The van der Waals surface area contributed by atoms with Crippen molar-refractivity contribution in [3.63, 3.8) is 0 Å². The molecule has 154 valence electrons. The number of carbonyl (C=O) groups excluding carboxylic acids is 1. The molecule has 28 heavy (non-hydrogen) atoms. The van der Waals surface area contributed by atoms with Gasteiger partial charge in [0.25, 0.3) is 0 Å². The van der Waals surface area contributed by atoms with Gasteiger partial charge in [-0.1, -0.05) is 30.3 Å². The lowest BCUT2D eigenvalue weighted by Crippen LogP contribution is -2.52. The van der Waals surface area contributed by atoms with Gasteiger partial charge in [0.15, 0.2) is 0 Å². The Balaban J connectivity index is 1.28. The number of ether oxygens (including phenoxy) is 2. The Labute approximate surface area is 169 Å². The van der Waals surface area contributed by atoms with Crippen LogP contribution in [0.5, 0.6) is 0 Å². The Hall–Kier alpha value is -1.59. The number of hydrogen-bond acceptors (Lipinski definition) is 3. The maximum absolute atomic E-state index is 12.8. The SMILES string of the molecule is COCC1(CC[C@@H]2CC2c2ccccc2)CCN(C(=O)N2CCOCC2)CC1. The van der Waals surface area contributed by atoms with Crippen LogP contribution in [0.4, 0.5) is 4.79 Å². The summed E-state index contributed by atoms with van der Waals surface area (Å²) >= 11 is 0. The largest absolute Gasteiger partial charge is 0.384 e. The molecule has 0 N–H and O–H groups in total. The third kappa shape index (κ3) is 4.52. The quantitative estimate of drug-likeness (QED) is 0.748. The molecule has 3 aliphatic rings. The zero-order valence-electron chi connectivity index (χ0n) is 17.1. The van der Waals surface area contributed by atoms with E-state index in [0.717, 1.165) is 57.5 Å². The summed E-state index contributed by atoms with van der Waals surface area (Å²) in [6.45, 7) is 5.30. The van der Waals surface area contributed by atoms with Crippen LogP contribution in [0.15, 0.2) is 30.3 Å². The monoisotopic (exact) mass is 386 g/mol. The third-order valence-electron chi connectivity index (χ3n) is 7.02. The number of morpholine rings is 1. The van der Waals surface area contributed by atoms with Gasteiger partial charge in [0.1, 0.15) is 0 Å². The van der Waals surface area contributed by atoms with E-state index in [-0.39, 0.29) is 11.4 Å². The number of amides is 2. The fourth-order valence-corrected chi connectivity index (χ4v) is 5.07. The first-order chi connectivity index (χ1) is 13.7. The standard InChI is InChI=1S/C23H34N2O3/c1-27-18-23(8-7-20-17-21(20)19-5-3-2-4-6-19)9-11-24(12-10-23)22(26)25-13-15-28-16-14-25/h2-6,20-21H,7-18H2,1H3/t20-,21?/m1/s1. The van der Waals surface area contributed by atoms with Gasteiger partial charge in [-0.3, -0.25) is 0 Å². The Morgan fingerprint density at radius 2 is 1.79 bits per heavy atom. The second kappa shape index (κ2) is 8.83. The number of hydrogen-bond donors (Lipinski definition) is 0. The number of rotatable bonds is 6. The Kier molecular flexibility index (Phi) is 6.22. The van der Waals surface area contributed by atoms with Gasteiger partial charge in [-0.25, -0.2) is 4.79 Å². The molecule has 5 nitrogen and oxygen atoms in total. The summed E-state index contributed by atoms with van der Waals surface area (Å²) in [6, 6.07) is 11.1. The number of piperidine rings is 1. The number of likely N-dealkylation sites (tertiary alicyclic amines) is 1. The second-order valence-electron chi connectivity index (χ2n) is 8.85. The van der Waals surface area contributed by atoms with Crippen molar-refractivity contribution in [3.05, 3.63) is 35.9 Å². The minimum absolute atomic E-state index is 0.195. The third-order valence-corrected chi connectivity index (χ3v) is 7.02. The fraction of sp³-hybridized carbons (Fsp3) is 0.696. The van der Waals surface area contributed by atoms with Crippen LogP contribution in [0.1, 0.15) is 43.6 Å². The average molecular weight is 387 g/mol. The normalized spacial score (nSPS) is 26.9. The molecule has 1 unspecified atom stereocenters. The van der Waals surface area contributed by atoms with E-state index in [4.69, 9.17) is 9.47 Å². The van der Waals surface area contributed by atoms with Crippen LogP contribution in [0.3, 0.4) is 0 Å². The molecule has 1 aromatic carbocycles. The lowest BCUT2D eigenvalue weighted by molar-refractivity contribution is 0.00805. The molecule has 1 aromatic rings. The highest BCUT2D eigenvalue weighted by atomic mass is 16.5. The highest BCUT2D eigenvalue weighted by Crippen LogP contribution is 2.52. The number of methoxy groups -OCH3 is 1. The number of benzene rings is 1. The van der Waals surface area contributed by atoms with Gasteiger partial charge in [-0.05, 0) is 54.9 Å². The predicted molar refractivity (Wildman–Crippen MR) is 109 cm³/mol. The molecular formula is C23H34N2O3. The van der Waals surface area contributed by atoms with E-state index in [1.54, 1.807) is 0 Å². The second-order valence-corrected chi connectivity index (χ2v) is 8.85. The first-order valence-electron chi connectivity index (χ1n) is 10.9. The molecule has 1 saturated carbocycles. The molecule has 2 amide bonds. The first kappa shape index (κ1) is 19.7. The van der Waals surface area contributed by atoms with Gasteiger partial charge in [0.05, 0.1) is 19.8 Å². The molecule has 5 heteroatoms. The van der Waals surface area contributed by atoms with Crippen LogP contribution in [0, 0.1) is 11.3 Å². The van der Waals surface area contributed by atoms with E-state index >= 15 is 0 Å². The minimum Gasteiger partial charge on any atom is -0.384 e. The van der Waals surface area contributed by atoms with E-state index in [1.807, 2.05) is 16.9 Å². The van der Waals surface area contributed by atoms with Crippen molar-refractivity contribution in [2.24, 2.45) is 11.3 Å². The molecule has 4 rings (SSSR count). The molecule has 2 heterocycles. The van der Waals surface area contributed by atoms with Crippen molar-refractivity contribution in [2.75, 3.05) is 53.1 Å². The van der Waals surface area contributed by atoms with Crippen LogP contribution >= 0.6 is 0 Å². The number of urea groups is 1. The smallest absolute Gasteiger partial charge is 0.320 e. The molecule has 1 aliphatic carbocycles. The van der Waals surface area contributed by atoms with E-state index in [2.05, 4.69) is 30.3 Å². The maximum atomic E-state index is 12.8. The van der Waals surface area contributed by atoms with Crippen molar-refractivity contribution < 1.29 is 14.3 Å². The van der Waals surface area contributed by atoms with Gasteiger partial charge >= 0.3 is 6.03 Å². The summed E-state index contributed by atoms with van der Waals surface area (Å²) in [5.41, 5.74) is 1.74. The topological polar surface area (TPSA) is 42.0 Å². The van der Waals surface area contributed by atoms with E-state index in [0.29, 0.717) is 13.2 Å². The number of carbonyl (C=O) groups is 1. The van der Waals surface area contributed by atoms with Crippen molar-refractivity contribution in [2.45, 2.75) is 38.0 Å². The van der Waals surface area contributed by atoms with Gasteiger partial charge in [0.2, 0.25) is 0 Å². The highest BCUT2D eigenvalue weighted by Gasteiger charge is 2.42. The lowest BCUT2D eigenvalue weighted by Gasteiger charge is -2.43. The fourth-order valence-electron chi connectivity index (χ4n) is 5.07. The molecule has 2 atom stereocenters. The van der Waals surface area contributed by atoms with E-state index in [1.165, 1.54) is 24.8 Å². The van der Waals surface area contributed by atoms with Crippen molar-refractivity contribution in [3.8, 4) is 0 Å². The predicted octanol–water partition coefficient (Wildman–Crippen LogP) is 3.75. The molecule has 0 radical (unpaired) electrons. The van der Waals surface area contributed by atoms with Crippen molar-refractivity contribution >= 4 is 6.03 Å². The summed E-state index contributed by atoms with van der Waals surface area (Å²) in [5, 5.41) is 0. The zero-order chi connectivity index (χ0) is 19.4. The summed E-state index contributed by atoms with van der Waals surface area (Å²) in [7, 11) is 1.82. The molecular weight excluding hydrogens is 352 g/mol.